The molecule has 0 fully saturated rings. The van der Waals surface area contributed by atoms with Crippen LogP contribution in [0.25, 0.3) is 0 Å². The van der Waals surface area contributed by atoms with Gasteiger partial charge in [-0.05, 0) is 31.6 Å². The molecule has 1 aromatic carbocycles. The molecule has 0 amide bonds. The van der Waals surface area contributed by atoms with Gasteiger partial charge in [-0.1, -0.05) is 30.1 Å². The lowest BCUT2D eigenvalue weighted by atomic mass is 10.2. The van der Waals surface area contributed by atoms with Gasteiger partial charge in [-0.15, -0.1) is 0 Å². The quantitative estimate of drug-likeness (QED) is 0.575. The average Bonchev–Trinajstić information content (AvgIpc) is 2.36. The summed E-state index contributed by atoms with van der Waals surface area (Å²) in [6.45, 7) is 2.65. The van der Waals surface area contributed by atoms with Crippen molar-refractivity contribution in [3.8, 4) is 0 Å². The van der Waals surface area contributed by atoms with E-state index in [2.05, 4.69) is 10.0 Å². The average molecular weight is 356 g/mol. The first kappa shape index (κ1) is 18.1. The van der Waals surface area contributed by atoms with Crippen LogP contribution in [0.5, 0.6) is 0 Å². The largest absolute Gasteiger partial charge is 0.319 e. The Kier molecular flexibility index (Phi) is 6.36. The van der Waals surface area contributed by atoms with Gasteiger partial charge < -0.3 is 5.32 Å². The summed E-state index contributed by atoms with van der Waals surface area (Å²) in [6.07, 6.45) is 0. The van der Waals surface area contributed by atoms with E-state index in [1.54, 1.807) is 7.05 Å². The zero-order valence-corrected chi connectivity index (χ0v) is 13.7. The van der Waals surface area contributed by atoms with Crippen LogP contribution < -0.4 is 10.0 Å². The molecule has 0 spiro atoms. The highest BCUT2D eigenvalue weighted by Crippen LogP contribution is 2.36. The Morgan fingerprint density at radius 3 is 2.48 bits per heavy atom. The molecule has 2 N–H and O–H groups in total. The molecule has 0 heterocycles. The Labute approximate surface area is 132 Å². The number of nitro benzene ring substituents is 1. The molecular formula is C11H15Cl2N3O4S. The molecule has 1 rings (SSSR count). The van der Waals surface area contributed by atoms with Crippen LogP contribution >= 0.6 is 23.2 Å². The van der Waals surface area contributed by atoms with Crippen molar-refractivity contribution in [2.45, 2.75) is 11.8 Å². The van der Waals surface area contributed by atoms with E-state index in [9.17, 15) is 18.5 Å². The third-order valence-corrected chi connectivity index (χ3v) is 4.94. The molecule has 21 heavy (non-hydrogen) atoms. The maximum Gasteiger partial charge on any atom is 0.307 e. The van der Waals surface area contributed by atoms with Crippen LogP contribution in [0.3, 0.4) is 0 Å². The molecule has 0 aliphatic carbocycles. The van der Waals surface area contributed by atoms with Crippen LogP contribution in [0.2, 0.25) is 10.0 Å². The molecule has 0 aliphatic heterocycles. The van der Waals surface area contributed by atoms with Crippen LogP contribution in [-0.2, 0) is 10.0 Å². The number of rotatable bonds is 7. The second-order valence-electron chi connectivity index (χ2n) is 4.48. The molecule has 0 aromatic heterocycles. The number of hydrogen-bond donors (Lipinski definition) is 2. The predicted octanol–water partition coefficient (Wildman–Crippen LogP) is 2.04. The van der Waals surface area contributed by atoms with Crippen molar-refractivity contribution in [3.63, 3.8) is 0 Å². The third-order valence-electron chi connectivity index (χ3n) is 2.68. The van der Waals surface area contributed by atoms with E-state index in [0.29, 0.717) is 6.54 Å². The van der Waals surface area contributed by atoms with Crippen molar-refractivity contribution in [2.24, 2.45) is 5.92 Å². The minimum atomic E-state index is -3.95. The number of benzene rings is 1. The van der Waals surface area contributed by atoms with E-state index in [1.807, 2.05) is 6.92 Å². The van der Waals surface area contributed by atoms with Gasteiger partial charge in [0.25, 0.3) is 0 Å². The number of hydrogen-bond acceptors (Lipinski definition) is 5. The van der Waals surface area contributed by atoms with Crippen LogP contribution in [0.4, 0.5) is 5.69 Å². The Bertz CT molecular complexity index is 637. The summed E-state index contributed by atoms with van der Waals surface area (Å²) in [7, 11) is -2.20. The Balaban J connectivity index is 3.10. The molecule has 7 nitrogen and oxygen atoms in total. The maximum atomic E-state index is 12.2. The summed E-state index contributed by atoms with van der Waals surface area (Å²) in [5.41, 5.74) is -0.621. The van der Waals surface area contributed by atoms with Crippen molar-refractivity contribution in [3.05, 3.63) is 32.3 Å². The maximum absolute atomic E-state index is 12.2. The lowest BCUT2D eigenvalue weighted by Gasteiger charge is -2.13. The van der Waals surface area contributed by atoms with Gasteiger partial charge in [-0.3, -0.25) is 10.1 Å². The fourth-order valence-corrected chi connectivity index (χ4v) is 3.70. The molecule has 118 valence electrons. The number of nitro groups is 1. The smallest absolute Gasteiger partial charge is 0.307 e. The summed E-state index contributed by atoms with van der Waals surface area (Å²) in [5.74, 6) is 0.0471. The number of nitrogens with zero attached hydrogens (tertiary/aromatic N) is 1. The Morgan fingerprint density at radius 1 is 1.33 bits per heavy atom. The van der Waals surface area contributed by atoms with Gasteiger partial charge in [-0.25, -0.2) is 13.1 Å². The molecular weight excluding hydrogens is 341 g/mol. The van der Waals surface area contributed by atoms with Crippen molar-refractivity contribution < 1.29 is 13.3 Å². The van der Waals surface area contributed by atoms with E-state index in [0.717, 1.165) is 12.1 Å². The van der Waals surface area contributed by atoms with Crippen LogP contribution in [0.15, 0.2) is 17.0 Å². The van der Waals surface area contributed by atoms with Gasteiger partial charge in [0.2, 0.25) is 10.0 Å². The van der Waals surface area contributed by atoms with Gasteiger partial charge >= 0.3 is 5.69 Å². The lowest BCUT2D eigenvalue weighted by Crippen LogP contribution is -2.32. The van der Waals surface area contributed by atoms with Gasteiger partial charge in [0.1, 0.15) is 14.9 Å². The van der Waals surface area contributed by atoms with Crippen LogP contribution in [-0.4, -0.2) is 33.5 Å². The fourth-order valence-electron chi connectivity index (χ4n) is 1.65. The predicted molar refractivity (Wildman–Crippen MR) is 81.4 cm³/mol. The molecule has 0 aliphatic rings. The first-order valence-corrected chi connectivity index (χ1v) is 8.21. The van der Waals surface area contributed by atoms with Gasteiger partial charge in [-0.2, -0.15) is 0 Å². The van der Waals surface area contributed by atoms with E-state index in [1.165, 1.54) is 0 Å². The van der Waals surface area contributed by atoms with E-state index in [-0.39, 0.29) is 22.4 Å². The number of halogens is 2. The van der Waals surface area contributed by atoms with E-state index >= 15 is 0 Å². The molecule has 0 saturated carbocycles. The molecule has 10 heteroatoms. The second kappa shape index (κ2) is 7.37. The normalized spacial score (nSPS) is 13.1. The minimum Gasteiger partial charge on any atom is -0.319 e. The van der Waals surface area contributed by atoms with E-state index < -0.39 is 25.7 Å². The number of nitrogens with one attached hydrogen (secondary N) is 2. The fraction of sp³-hybridized carbons (Fsp3) is 0.455. The monoisotopic (exact) mass is 355 g/mol. The summed E-state index contributed by atoms with van der Waals surface area (Å²) >= 11 is 11.5. The van der Waals surface area contributed by atoms with Crippen molar-refractivity contribution in [1.29, 1.82) is 0 Å². The lowest BCUT2D eigenvalue weighted by molar-refractivity contribution is -0.384. The van der Waals surface area contributed by atoms with Gasteiger partial charge in [0.05, 0.1) is 4.92 Å². The zero-order chi connectivity index (χ0) is 16.2. The van der Waals surface area contributed by atoms with Crippen molar-refractivity contribution >= 4 is 38.9 Å². The number of sulfonamides is 1. The molecule has 1 aromatic rings. The molecule has 0 saturated heterocycles. The summed E-state index contributed by atoms with van der Waals surface area (Å²) in [6, 6.07) is 2.28. The highest BCUT2D eigenvalue weighted by atomic mass is 35.5. The summed E-state index contributed by atoms with van der Waals surface area (Å²) < 4.78 is 26.7. The zero-order valence-electron chi connectivity index (χ0n) is 11.4. The standard InChI is InChI=1S/C11H15Cl2N3O4S/c1-7(5-14-2)6-15-21(19,20)9-4-3-8(12)11(10(9)13)16(17)18/h3-4,7,14-15H,5-6H2,1-2H3. The van der Waals surface area contributed by atoms with E-state index in [4.69, 9.17) is 23.2 Å². The molecule has 0 radical (unpaired) electrons. The highest BCUT2D eigenvalue weighted by molar-refractivity contribution is 7.89. The van der Waals surface area contributed by atoms with Crippen molar-refractivity contribution in [1.82, 2.24) is 10.0 Å². The van der Waals surface area contributed by atoms with Crippen molar-refractivity contribution in [2.75, 3.05) is 20.1 Å². The van der Waals surface area contributed by atoms with Crippen LogP contribution in [0.1, 0.15) is 6.92 Å². The highest BCUT2D eigenvalue weighted by Gasteiger charge is 2.27. The molecule has 1 unspecified atom stereocenters. The van der Waals surface area contributed by atoms with Gasteiger partial charge in [0, 0.05) is 6.54 Å². The SMILES string of the molecule is CNCC(C)CNS(=O)(=O)c1ccc(Cl)c([N+](=O)[O-])c1Cl. The summed E-state index contributed by atoms with van der Waals surface area (Å²) in [5, 5.41) is 13.1. The molecule has 1 atom stereocenters. The first-order valence-electron chi connectivity index (χ1n) is 5.97. The van der Waals surface area contributed by atoms with Crippen LogP contribution in [0, 0.1) is 16.0 Å². The van der Waals surface area contributed by atoms with Gasteiger partial charge in [0.15, 0.2) is 0 Å². The Hall–Kier alpha value is -0.930. The Morgan fingerprint density at radius 2 is 1.95 bits per heavy atom. The first-order chi connectivity index (χ1) is 9.70. The minimum absolute atomic E-state index is 0.0471. The third kappa shape index (κ3) is 4.52. The topological polar surface area (TPSA) is 101 Å². The summed E-state index contributed by atoms with van der Waals surface area (Å²) in [4.78, 5) is 9.71. The molecule has 0 bridgehead atoms. The second-order valence-corrected chi connectivity index (χ2v) is 7.00.